The molecule has 0 bridgehead atoms. The number of benzene rings is 2. The normalized spacial score (nSPS) is 11.9. The van der Waals surface area contributed by atoms with Crippen LogP contribution < -0.4 is 5.32 Å². The maximum Gasteiger partial charge on any atom is 0.242 e. The number of nitrogens with one attached hydrogen (secondary N) is 1. The van der Waals surface area contributed by atoms with Crippen LogP contribution in [0.25, 0.3) is 0 Å². The van der Waals surface area contributed by atoms with Gasteiger partial charge in [0.2, 0.25) is 11.8 Å². The summed E-state index contributed by atoms with van der Waals surface area (Å²) < 4.78 is 0. The Kier molecular flexibility index (Phi) is 9.55. The second-order valence-electron chi connectivity index (χ2n) is 7.41. The molecule has 0 aliphatic carbocycles. The topological polar surface area (TPSA) is 49.4 Å². The van der Waals surface area contributed by atoms with Crippen LogP contribution in [0.2, 0.25) is 5.02 Å². The van der Waals surface area contributed by atoms with E-state index in [0.29, 0.717) is 35.5 Å². The molecule has 0 aromatic heterocycles. The minimum absolute atomic E-state index is 0.0573. The van der Waals surface area contributed by atoms with Gasteiger partial charge in [-0.05, 0) is 30.0 Å². The first-order chi connectivity index (χ1) is 13.9. The molecule has 6 heteroatoms. The van der Waals surface area contributed by atoms with Crippen LogP contribution in [0.3, 0.4) is 0 Å². The van der Waals surface area contributed by atoms with Gasteiger partial charge in [0.15, 0.2) is 0 Å². The van der Waals surface area contributed by atoms with Crippen LogP contribution in [0.1, 0.15) is 31.9 Å². The summed E-state index contributed by atoms with van der Waals surface area (Å²) in [6.45, 7) is 6.88. The van der Waals surface area contributed by atoms with E-state index in [1.807, 2.05) is 68.4 Å². The lowest BCUT2D eigenvalue weighted by molar-refractivity contribution is -0.138. The molecule has 1 N–H and O–H groups in total. The van der Waals surface area contributed by atoms with Gasteiger partial charge in [-0.25, -0.2) is 0 Å². The average Bonchev–Trinajstić information content (AvgIpc) is 2.71. The third kappa shape index (κ3) is 7.75. The molecule has 2 amide bonds. The molecular weight excluding hydrogens is 404 g/mol. The highest BCUT2D eigenvalue weighted by Gasteiger charge is 2.26. The van der Waals surface area contributed by atoms with Crippen molar-refractivity contribution in [2.45, 2.75) is 39.1 Å². The van der Waals surface area contributed by atoms with Crippen LogP contribution in [0.15, 0.2) is 54.6 Å². The molecule has 0 aliphatic rings. The highest BCUT2D eigenvalue weighted by Crippen LogP contribution is 2.21. The van der Waals surface area contributed by atoms with Crippen molar-refractivity contribution in [3.05, 3.63) is 70.7 Å². The molecule has 0 spiro atoms. The van der Waals surface area contributed by atoms with E-state index in [1.165, 1.54) is 11.8 Å². The maximum absolute atomic E-state index is 13.0. The Bertz CT molecular complexity index is 798. The molecule has 0 radical (unpaired) electrons. The second kappa shape index (κ2) is 11.9. The minimum atomic E-state index is -0.539. The Morgan fingerprint density at radius 2 is 1.69 bits per heavy atom. The third-order valence-corrected chi connectivity index (χ3v) is 5.82. The molecule has 2 aromatic carbocycles. The van der Waals surface area contributed by atoms with E-state index in [0.717, 1.165) is 11.1 Å². The Balaban J connectivity index is 2.03. The van der Waals surface area contributed by atoms with Crippen molar-refractivity contribution < 1.29 is 9.59 Å². The maximum atomic E-state index is 13.0. The van der Waals surface area contributed by atoms with Gasteiger partial charge in [-0.1, -0.05) is 74.0 Å². The number of carbonyl (C=O) groups excluding carboxylic acids is 2. The highest BCUT2D eigenvalue weighted by atomic mass is 35.5. The zero-order chi connectivity index (χ0) is 21.2. The lowest BCUT2D eigenvalue weighted by atomic mass is 10.1. The van der Waals surface area contributed by atoms with Gasteiger partial charge in [-0.2, -0.15) is 0 Å². The molecule has 156 valence electrons. The number of hydrogen-bond donors (Lipinski definition) is 1. The van der Waals surface area contributed by atoms with Gasteiger partial charge in [0.05, 0.1) is 5.75 Å². The summed E-state index contributed by atoms with van der Waals surface area (Å²) in [6.07, 6.45) is 0. The van der Waals surface area contributed by atoms with Gasteiger partial charge >= 0.3 is 0 Å². The number of hydrogen-bond acceptors (Lipinski definition) is 3. The van der Waals surface area contributed by atoms with E-state index in [1.54, 1.807) is 11.8 Å². The van der Waals surface area contributed by atoms with Crippen molar-refractivity contribution in [1.82, 2.24) is 10.2 Å². The minimum Gasteiger partial charge on any atom is -0.354 e. The van der Waals surface area contributed by atoms with Crippen LogP contribution in [0, 0.1) is 5.92 Å². The summed E-state index contributed by atoms with van der Waals surface area (Å²) in [4.78, 5) is 27.3. The van der Waals surface area contributed by atoms with E-state index < -0.39 is 6.04 Å². The van der Waals surface area contributed by atoms with Crippen LogP contribution in [0.5, 0.6) is 0 Å². The largest absolute Gasteiger partial charge is 0.354 e. The molecule has 2 rings (SSSR count). The Morgan fingerprint density at radius 3 is 2.34 bits per heavy atom. The highest BCUT2D eigenvalue weighted by molar-refractivity contribution is 7.99. The molecule has 0 aliphatic heterocycles. The fourth-order valence-electron chi connectivity index (χ4n) is 2.76. The van der Waals surface area contributed by atoms with Crippen LogP contribution in [0.4, 0.5) is 0 Å². The zero-order valence-electron chi connectivity index (χ0n) is 17.2. The van der Waals surface area contributed by atoms with E-state index in [4.69, 9.17) is 11.6 Å². The standard InChI is InChI=1S/C23H29ClN2O2S/c1-17(2)13-25-23(28)18(3)26(14-19-9-5-4-6-10-19)22(27)16-29-15-20-11-7-8-12-21(20)24/h4-12,17-18H,13-16H2,1-3H3,(H,25,28). The van der Waals surface area contributed by atoms with Crippen molar-refractivity contribution in [1.29, 1.82) is 0 Å². The van der Waals surface area contributed by atoms with Gasteiger partial charge in [0.1, 0.15) is 6.04 Å². The predicted molar refractivity (Wildman–Crippen MR) is 122 cm³/mol. The summed E-state index contributed by atoms with van der Waals surface area (Å²) in [5, 5.41) is 3.64. The van der Waals surface area contributed by atoms with E-state index in [9.17, 15) is 9.59 Å². The van der Waals surface area contributed by atoms with Gasteiger partial charge in [0, 0.05) is 23.9 Å². The molecule has 1 atom stereocenters. The Morgan fingerprint density at radius 1 is 1.03 bits per heavy atom. The first kappa shape index (κ1) is 23.3. The van der Waals surface area contributed by atoms with Crippen LogP contribution in [-0.4, -0.2) is 35.1 Å². The first-order valence-electron chi connectivity index (χ1n) is 9.80. The first-order valence-corrected chi connectivity index (χ1v) is 11.3. The second-order valence-corrected chi connectivity index (χ2v) is 8.80. The SMILES string of the molecule is CC(C)CNC(=O)C(C)N(Cc1ccccc1)C(=O)CSCc1ccccc1Cl. The summed E-state index contributed by atoms with van der Waals surface area (Å²) in [5.74, 6) is 1.12. The lowest BCUT2D eigenvalue weighted by Gasteiger charge is -2.29. The van der Waals surface area contributed by atoms with Gasteiger partial charge in [0.25, 0.3) is 0 Å². The molecule has 2 aromatic rings. The Hall–Kier alpha value is -1.98. The summed E-state index contributed by atoms with van der Waals surface area (Å²) in [6, 6.07) is 16.8. The molecule has 0 saturated carbocycles. The molecular formula is C23H29ClN2O2S. The lowest BCUT2D eigenvalue weighted by Crippen LogP contribution is -2.48. The fraction of sp³-hybridized carbons (Fsp3) is 0.391. The van der Waals surface area contributed by atoms with Crippen molar-refractivity contribution >= 4 is 35.2 Å². The zero-order valence-corrected chi connectivity index (χ0v) is 18.8. The van der Waals surface area contributed by atoms with Crippen molar-refractivity contribution in [2.75, 3.05) is 12.3 Å². The van der Waals surface area contributed by atoms with Gasteiger partial charge < -0.3 is 10.2 Å². The summed E-state index contributed by atoms with van der Waals surface area (Å²) in [7, 11) is 0. The van der Waals surface area contributed by atoms with E-state index >= 15 is 0 Å². The monoisotopic (exact) mass is 432 g/mol. The van der Waals surface area contributed by atoms with Crippen molar-refractivity contribution in [3.8, 4) is 0 Å². The van der Waals surface area contributed by atoms with Gasteiger partial charge in [-0.15, -0.1) is 11.8 Å². The van der Waals surface area contributed by atoms with E-state index in [-0.39, 0.29) is 11.8 Å². The quantitative estimate of drug-likeness (QED) is 0.588. The molecule has 1 unspecified atom stereocenters. The van der Waals surface area contributed by atoms with Crippen molar-refractivity contribution in [2.24, 2.45) is 5.92 Å². The van der Waals surface area contributed by atoms with Crippen molar-refractivity contribution in [3.63, 3.8) is 0 Å². The number of thioether (sulfide) groups is 1. The van der Waals surface area contributed by atoms with Crippen LogP contribution in [-0.2, 0) is 21.9 Å². The summed E-state index contributed by atoms with van der Waals surface area (Å²) >= 11 is 7.71. The number of halogens is 1. The molecule has 0 saturated heterocycles. The van der Waals surface area contributed by atoms with Crippen LogP contribution >= 0.6 is 23.4 Å². The van der Waals surface area contributed by atoms with Gasteiger partial charge in [-0.3, -0.25) is 9.59 Å². The predicted octanol–water partition coefficient (Wildman–Crippen LogP) is 4.76. The number of amides is 2. The Labute approximate surface area is 183 Å². The molecule has 29 heavy (non-hydrogen) atoms. The fourth-order valence-corrected chi connectivity index (χ4v) is 3.96. The molecule has 0 fully saturated rings. The number of rotatable bonds is 10. The third-order valence-electron chi connectivity index (χ3n) is 4.49. The number of nitrogens with zero attached hydrogens (tertiary/aromatic N) is 1. The van der Waals surface area contributed by atoms with E-state index in [2.05, 4.69) is 5.32 Å². The summed E-state index contributed by atoms with van der Waals surface area (Å²) in [5.41, 5.74) is 2.00. The molecule has 4 nitrogen and oxygen atoms in total. The average molecular weight is 433 g/mol. The molecule has 0 heterocycles. The number of carbonyl (C=O) groups is 2. The smallest absolute Gasteiger partial charge is 0.242 e.